The number of amides is 2. The molecule has 0 unspecified atom stereocenters. The third kappa shape index (κ3) is 4.51. The first-order valence-electron chi connectivity index (χ1n) is 5.63. The second-order valence-corrected chi connectivity index (χ2v) is 4.96. The molecule has 0 atom stereocenters. The lowest BCUT2D eigenvalue weighted by atomic mass is 10.2. The van der Waals surface area contributed by atoms with Crippen LogP contribution in [0.1, 0.15) is 33.6 Å². The summed E-state index contributed by atoms with van der Waals surface area (Å²) in [5, 5.41) is 2.74. The third-order valence-electron chi connectivity index (χ3n) is 2.16. The first kappa shape index (κ1) is 12.8. The van der Waals surface area contributed by atoms with Crippen molar-refractivity contribution in [1.82, 2.24) is 10.2 Å². The third-order valence-corrected chi connectivity index (χ3v) is 2.16. The number of ether oxygens (including phenoxy) is 1. The smallest absolute Gasteiger partial charge is 0.410 e. The molecule has 92 valence electrons. The maximum absolute atomic E-state index is 11.7. The summed E-state index contributed by atoms with van der Waals surface area (Å²) in [5.74, 6) is -0.120. The molecule has 0 aromatic rings. The molecule has 0 spiro atoms. The maximum Gasteiger partial charge on any atom is 0.410 e. The summed E-state index contributed by atoms with van der Waals surface area (Å²) < 4.78 is 5.23. The van der Waals surface area contributed by atoms with Gasteiger partial charge in [-0.1, -0.05) is 0 Å². The Kier molecular flexibility index (Phi) is 4.15. The number of hydrogen-bond donors (Lipinski definition) is 1. The number of hydrogen-bond acceptors (Lipinski definition) is 3. The van der Waals surface area contributed by atoms with Crippen molar-refractivity contribution in [1.29, 1.82) is 0 Å². The van der Waals surface area contributed by atoms with Gasteiger partial charge in [-0.25, -0.2) is 4.79 Å². The number of carbonyl (C=O) groups is 2. The molecule has 0 aromatic heterocycles. The van der Waals surface area contributed by atoms with E-state index in [2.05, 4.69) is 5.32 Å². The standard InChI is InChI=1S/C11H20N2O3/c1-11(2,3)16-10(15)13-7-5-4-6-12-9(14)8-13/h4-8H2,1-3H3,(H,12,14). The van der Waals surface area contributed by atoms with E-state index in [0.717, 1.165) is 12.8 Å². The van der Waals surface area contributed by atoms with E-state index in [4.69, 9.17) is 4.74 Å². The zero-order chi connectivity index (χ0) is 12.2. The number of carbonyl (C=O) groups excluding carboxylic acids is 2. The van der Waals surface area contributed by atoms with E-state index < -0.39 is 11.7 Å². The summed E-state index contributed by atoms with van der Waals surface area (Å²) in [7, 11) is 0. The van der Waals surface area contributed by atoms with E-state index in [1.54, 1.807) is 0 Å². The van der Waals surface area contributed by atoms with Gasteiger partial charge in [0.25, 0.3) is 0 Å². The largest absolute Gasteiger partial charge is 0.444 e. The van der Waals surface area contributed by atoms with Gasteiger partial charge in [0.1, 0.15) is 12.1 Å². The Hall–Kier alpha value is -1.26. The first-order valence-corrected chi connectivity index (χ1v) is 5.63. The lowest BCUT2D eigenvalue weighted by Gasteiger charge is -2.28. The summed E-state index contributed by atoms with van der Waals surface area (Å²) in [6.07, 6.45) is 1.37. The van der Waals surface area contributed by atoms with E-state index in [9.17, 15) is 9.59 Å². The van der Waals surface area contributed by atoms with Crippen molar-refractivity contribution in [2.24, 2.45) is 0 Å². The first-order chi connectivity index (χ1) is 7.38. The number of nitrogens with zero attached hydrogens (tertiary/aromatic N) is 1. The molecule has 16 heavy (non-hydrogen) atoms. The summed E-state index contributed by atoms with van der Waals surface area (Å²) in [6, 6.07) is 0. The fraction of sp³-hybridized carbons (Fsp3) is 0.818. The van der Waals surface area contributed by atoms with E-state index in [1.807, 2.05) is 20.8 Å². The van der Waals surface area contributed by atoms with Crippen molar-refractivity contribution in [3.63, 3.8) is 0 Å². The molecule has 1 rings (SSSR count). The van der Waals surface area contributed by atoms with Gasteiger partial charge in [-0.2, -0.15) is 0 Å². The molecule has 0 aliphatic carbocycles. The Bertz CT molecular complexity index is 271. The lowest BCUT2D eigenvalue weighted by Crippen LogP contribution is -2.45. The number of nitrogens with one attached hydrogen (secondary N) is 1. The lowest BCUT2D eigenvalue weighted by molar-refractivity contribution is -0.122. The van der Waals surface area contributed by atoms with Gasteiger partial charge in [0.05, 0.1) is 0 Å². The average molecular weight is 228 g/mol. The van der Waals surface area contributed by atoms with Crippen LogP contribution < -0.4 is 5.32 Å². The molecule has 0 bridgehead atoms. The molecule has 1 aliphatic rings. The molecule has 1 heterocycles. The summed E-state index contributed by atoms with van der Waals surface area (Å²) in [5.41, 5.74) is -0.518. The monoisotopic (exact) mass is 228 g/mol. The summed E-state index contributed by atoms with van der Waals surface area (Å²) >= 11 is 0. The number of rotatable bonds is 0. The Morgan fingerprint density at radius 1 is 1.38 bits per heavy atom. The van der Waals surface area contributed by atoms with E-state index in [1.165, 1.54) is 4.90 Å². The molecular formula is C11H20N2O3. The van der Waals surface area contributed by atoms with Crippen LogP contribution in [0.25, 0.3) is 0 Å². The Morgan fingerprint density at radius 2 is 2.06 bits per heavy atom. The Balaban J connectivity index is 2.55. The van der Waals surface area contributed by atoms with Crippen LogP contribution in [0, 0.1) is 0 Å². The molecule has 1 N–H and O–H groups in total. The minimum absolute atomic E-state index is 0.0922. The van der Waals surface area contributed by atoms with Crippen molar-refractivity contribution in [2.45, 2.75) is 39.2 Å². The van der Waals surface area contributed by atoms with Gasteiger partial charge in [0.2, 0.25) is 5.91 Å². The van der Waals surface area contributed by atoms with Crippen LogP contribution in [0.4, 0.5) is 4.79 Å². The van der Waals surface area contributed by atoms with Gasteiger partial charge in [-0.3, -0.25) is 9.69 Å². The van der Waals surface area contributed by atoms with Crippen molar-refractivity contribution in [3.05, 3.63) is 0 Å². The highest BCUT2D eigenvalue weighted by Crippen LogP contribution is 2.11. The summed E-state index contributed by atoms with van der Waals surface area (Å²) in [4.78, 5) is 24.6. The second kappa shape index (κ2) is 5.18. The summed E-state index contributed by atoms with van der Waals surface area (Å²) in [6.45, 7) is 6.82. The van der Waals surface area contributed by atoms with Crippen LogP contribution in [-0.2, 0) is 9.53 Å². The quantitative estimate of drug-likeness (QED) is 0.676. The van der Waals surface area contributed by atoms with Crippen LogP contribution in [0.15, 0.2) is 0 Å². The highest BCUT2D eigenvalue weighted by atomic mass is 16.6. The molecule has 1 fully saturated rings. The highest BCUT2D eigenvalue weighted by molar-refractivity contribution is 5.82. The van der Waals surface area contributed by atoms with Gasteiger partial charge in [-0.05, 0) is 33.6 Å². The van der Waals surface area contributed by atoms with Gasteiger partial charge in [0, 0.05) is 13.1 Å². The molecule has 2 amide bonds. The predicted octanol–water partition coefficient (Wildman–Crippen LogP) is 1.13. The predicted molar refractivity (Wildman–Crippen MR) is 60.1 cm³/mol. The zero-order valence-corrected chi connectivity index (χ0v) is 10.2. The van der Waals surface area contributed by atoms with Crippen LogP contribution in [0.2, 0.25) is 0 Å². The van der Waals surface area contributed by atoms with Gasteiger partial charge < -0.3 is 10.1 Å². The topological polar surface area (TPSA) is 58.6 Å². The fourth-order valence-corrected chi connectivity index (χ4v) is 1.45. The molecule has 5 heteroatoms. The molecule has 0 saturated carbocycles. The van der Waals surface area contributed by atoms with Crippen LogP contribution in [0.3, 0.4) is 0 Å². The molecular weight excluding hydrogens is 208 g/mol. The maximum atomic E-state index is 11.7. The zero-order valence-electron chi connectivity index (χ0n) is 10.2. The van der Waals surface area contributed by atoms with Gasteiger partial charge >= 0.3 is 6.09 Å². The SMILES string of the molecule is CC(C)(C)OC(=O)N1CCCCNC(=O)C1. The average Bonchev–Trinajstić information content (AvgIpc) is 2.07. The minimum atomic E-state index is -0.518. The van der Waals surface area contributed by atoms with Gasteiger partial charge in [0.15, 0.2) is 0 Å². The Labute approximate surface area is 96.1 Å². The normalized spacial score (nSPS) is 18.4. The molecule has 1 aliphatic heterocycles. The second-order valence-electron chi connectivity index (χ2n) is 4.96. The Morgan fingerprint density at radius 3 is 2.69 bits per heavy atom. The highest BCUT2D eigenvalue weighted by Gasteiger charge is 2.24. The molecule has 0 radical (unpaired) electrons. The van der Waals surface area contributed by atoms with Crippen LogP contribution in [0.5, 0.6) is 0 Å². The molecule has 0 aromatic carbocycles. The van der Waals surface area contributed by atoms with Crippen molar-refractivity contribution in [3.8, 4) is 0 Å². The van der Waals surface area contributed by atoms with Crippen LogP contribution in [-0.4, -0.2) is 42.1 Å². The van der Waals surface area contributed by atoms with Crippen molar-refractivity contribution >= 4 is 12.0 Å². The van der Waals surface area contributed by atoms with E-state index >= 15 is 0 Å². The fourth-order valence-electron chi connectivity index (χ4n) is 1.45. The molecule has 5 nitrogen and oxygen atoms in total. The van der Waals surface area contributed by atoms with Crippen molar-refractivity contribution < 1.29 is 14.3 Å². The molecule has 1 saturated heterocycles. The van der Waals surface area contributed by atoms with Crippen molar-refractivity contribution in [2.75, 3.05) is 19.6 Å². The van der Waals surface area contributed by atoms with E-state index in [0.29, 0.717) is 13.1 Å². The van der Waals surface area contributed by atoms with E-state index in [-0.39, 0.29) is 12.5 Å². The minimum Gasteiger partial charge on any atom is -0.444 e. The van der Waals surface area contributed by atoms with Gasteiger partial charge in [-0.15, -0.1) is 0 Å². The van der Waals surface area contributed by atoms with Crippen LogP contribution >= 0.6 is 0 Å².